The summed E-state index contributed by atoms with van der Waals surface area (Å²) in [7, 11) is 0. The molecule has 0 bridgehead atoms. The van der Waals surface area contributed by atoms with Crippen LogP contribution in [-0.2, 0) is 0 Å². The van der Waals surface area contributed by atoms with E-state index in [2.05, 4.69) is 5.10 Å². The first kappa shape index (κ1) is 5.77. The lowest BCUT2D eigenvalue weighted by molar-refractivity contribution is 0.645. The molecule has 0 radical (unpaired) electrons. The summed E-state index contributed by atoms with van der Waals surface area (Å²) in [5, 5.41) is 4.26. The van der Waals surface area contributed by atoms with E-state index in [1.165, 1.54) is 12.8 Å². The second kappa shape index (κ2) is 1.75. The molecular weight excluding hydrogens is 126 g/mol. The predicted molar refractivity (Wildman–Crippen MR) is 39.6 cm³/mol. The summed E-state index contributed by atoms with van der Waals surface area (Å²) in [6.45, 7) is 1.97. The van der Waals surface area contributed by atoms with Crippen molar-refractivity contribution in [1.82, 2.24) is 9.78 Å². The van der Waals surface area contributed by atoms with E-state index in [1.807, 2.05) is 17.7 Å². The van der Waals surface area contributed by atoms with Crippen molar-refractivity contribution in [1.29, 1.82) is 0 Å². The maximum atomic E-state index is 5.68. The molecular formula is C7H11N3. The summed E-state index contributed by atoms with van der Waals surface area (Å²) < 4.78 is 1.93. The van der Waals surface area contributed by atoms with Crippen molar-refractivity contribution in [2.75, 3.05) is 5.73 Å². The number of rotatable bonds is 1. The molecule has 0 saturated heterocycles. The molecule has 1 saturated carbocycles. The predicted octanol–water partition coefficient (Wildman–Crippen LogP) is 1.11. The molecule has 0 unspecified atom stereocenters. The molecule has 0 aromatic carbocycles. The fourth-order valence-corrected chi connectivity index (χ4v) is 1.15. The van der Waals surface area contributed by atoms with Crippen LogP contribution in [0.1, 0.15) is 24.6 Å². The molecule has 0 aliphatic heterocycles. The zero-order valence-corrected chi connectivity index (χ0v) is 6.04. The summed E-state index contributed by atoms with van der Waals surface area (Å²) >= 11 is 0. The van der Waals surface area contributed by atoms with E-state index in [-0.39, 0.29) is 0 Å². The molecule has 1 aliphatic carbocycles. The Hall–Kier alpha value is -0.990. The Morgan fingerprint density at radius 1 is 1.70 bits per heavy atom. The Morgan fingerprint density at radius 3 is 2.80 bits per heavy atom. The molecule has 2 N–H and O–H groups in total. The number of aromatic nitrogens is 2. The van der Waals surface area contributed by atoms with E-state index < -0.39 is 0 Å². The van der Waals surface area contributed by atoms with Crippen LogP contribution in [0.5, 0.6) is 0 Å². The Kier molecular flexibility index (Phi) is 1.01. The monoisotopic (exact) mass is 137 g/mol. The van der Waals surface area contributed by atoms with E-state index in [4.69, 9.17) is 5.73 Å². The molecule has 10 heavy (non-hydrogen) atoms. The molecule has 54 valence electrons. The summed E-state index contributed by atoms with van der Waals surface area (Å²) in [6.07, 6.45) is 2.48. The normalized spacial score (nSPS) is 17.7. The summed E-state index contributed by atoms with van der Waals surface area (Å²) in [5.41, 5.74) is 6.70. The summed E-state index contributed by atoms with van der Waals surface area (Å²) in [4.78, 5) is 0. The molecule has 1 aromatic heterocycles. The summed E-state index contributed by atoms with van der Waals surface area (Å²) in [6, 6.07) is 2.52. The third-order valence-electron chi connectivity index (χ3n) is 1.78. The Labute approximate surface area is 59.8 Å². The minimum Gasteiger partial charge on any atom is -0.384 e. The van der Waals surface area contributed by atoms with Crippen LogP contribution in [0.25, 0.3) is 0 Å². The van der Waals surface area contributed by atoms with E-state index in [0.717, 1.165) is 11.5 Å². The highest BCUT2D eigenvalue weighted by atomic mass is 15.3. The average molecular weight is 137 g/mol. The van der Waals surface area contributed by atoms with Gasteiger partial charge < -0.3 is 5.73 Å². The zero-order valence-electron chi connectivity index (χ0n) is 6.04. The van der Waals surface area contributed by atoms with Gasteiger partial charge in [-0.15, -0.1) is 0 Å². The number of anilines is 1. The van der Waals surface area contributed by atoms with Crippen LogP contribution in [0.4, 0.5) is 5.82 Å². The van der Waals surface area contributed by atoms with Gasteiger partial charge in [0.05, 0.1) is 11.7 Å². The molecule has 3 heteroatoms. The fourth-order valence-electron chi connectivity index (χ4n) is 1.15. The van der Waals surface area contributed by atoms with E-state index in [1.54, 1.807) is 0 Å². The average Bonchev–Trinajstić information content (AvgIpc) is 2.61. The first-order valence-electron chi connectivity index (χ1n) is 3.59. The quantitative estimate of drug-likeness (QED) is 0.630. The Morgan fingerprint density at radius 2 is 2.40 bits per heavy atom. The lowest BCUT2D eigenvalue weighted by Crippen LogP contribution is -2.01. The van der Waals surface area contributed by atoms with Crippen molar-refractivity contribution in [2.45, 2.75) is 25.8 Å². The topological polar surface area (TPSA) is 43.8 Å². The number of hydrogen-bond acceptors (Lipinski definition) is 2. The van der Waals surface area contributed by atoms with E-state index in [9.17, 15) is 0 Å². The highest BCUT2D eigenvalue weighted by Crippen LogP contribution is 2.35. The van der Waals surface area contributed by atoms with Crippen molar-refractivity contribution < 1.29 is 0 Å². The molecule has 1 aliphatic rings. The van der Waals surface area contributed by atoms with Crippen molar-refractivity contribution in [2.24, 2.45) is 0 Å². The minimum absolute atomic E-state index is 0.605. The van der Waals surface area contributed by atoms with Crippen molar-refractivity contribution in [3.63, 3.8) is 0 Å². The lowest BCUT2D eigenvalue weighted by atomic mass is 10.5. The molecule has 0 atom stereocenters. The molecule has 3 nitrogen and oxygen atoms in total. The Balaban J connectivity index is 2.38. The first-order chi connectivity index (χ1) is 4.77. The van der Waals surface area contributed by atoms with Gasteiger partial charge in [-0.1, -0.05) is 0 Å². The van der Waals surface area contributed by atoms with Gasteiger partial charge >= 0.3 is 0 Å². The van der Waals surface area contributed by atoms with Gasteiger partial charge in [0.15, 0.2) is 0 Å². The number of nitrogen functional groups attached to an aromatic ring is 1. The van der Waals surface area contributed by atoms with Gasteiger partial charge in [-0.2, -0.15) is 5.10 Å². The summed E-state index contributed by atoms with van der Waals surface area (Å²) in [5.74, 6) is 0.806. The van der Waals surface area contributed by atoms with Crippen LogP contribution in [0.2, 0.25) is 0 Å². The van der Waals surface area contributed by atoms with Gasteiger partial charge in [0.1, 0.15) is 5.82 Å². The number of hydrogen-bond donors (Lipinski definition) is 1. The second-order valence-corrected chi connectivity index (χ2v) is 2.89. The standard InChI is InChI=1S/C7H11N3/c1-5-4-7(8)10(9-5)6-2-3-6/h4,6H,2-3,8H2,1H3. The second-order valence-electron chi connectivity index (χ2n) is 2.89. The van der Waals surface area contributed by atoms with Crippen LogP contribution in [0, 0.1) is 6.92 Å². The van der Waals surface area contributed by atoms with Crippen LogP contribution >= 0.6 is 0 Å². The number of nitrogens with zero attached hydrogens (tertiary/aromatic N) is 2. The van der Waals surface area contributed by atoms with Crippen LogP contribution in [0.15, 0.2) is 6.07 Å². The van der Waals surface area contributed by atoms with Gasteiger partial charge in [0.2, 0.25) is 0 Å². The third kappa shape index (κ3) is 0.781. The minimum atomic E-state index is 0.605. The van der Waals surface area contributed by atoms with Gasteiger partial charge in [-0.05, 0) is 19.8 Å². The van der Waals surface area contributed by atoms with Gasteiger partial charge in [-0.3, -0.25) is 0 Å². The zero-order chi connectivity index (χ0) is 7.14. The molecule has 2 rings (SSSR count). The molecule has 0 amide bonds. The van der Waals surface area contributed by atoms with Crippen molar-refractivity contribution >= 4 is 5.82 Å². The van der Waals surface area contributed by atoms with E-state index in [0.29, 0.717) is 6.04 Å². The largest absolute Gasteiger partial charge is 0.384 e. The molecule has 1 heterocycles. The molecule has 0 spiro atoms. The van der Waals surface area contributed by atoms with E-state index >= 15 is 0 Å². The maximum absolute atomic E-state index is 5.68. The molecule has 1 aromatic rings. The highest BCUT2D eigenvalue weighted by Gasteiger charge is 2.25. The van der Waals surface area contributed by atoms with Gasteiger partial charge in [-0.25, -0.2) is 4.68 Å². The number of nitrogens with two attached hydrogens (primary N) is 1. The van der Waals surface area contributed by atoms with Crippen LogP contribution < -0.4 is 5.73 Å². The van der Waals surface area contributed by atoms with Crippen LogP contribution in [-0.4, -0.2) is 9.78 Å². The van der Waals surface area contributed by atoms with Crippen molar-refractivity contribution in [3.05, 3.63) is 11.8 Å². The van der Waals surface area contributed by atoms with Crippen LogP contribution in [0.3, 0.4) is 0 Å². The number of aryl methyl sites for hydroxylation is 1. The first-order valence-corrected chi connectivity index (χ1v) is 3.59. The lowest BCUT2D eigenvalue weighted by Gasteiger charge is -1.97. The highest BCUT2D eigenvalue weighted by molar-refractivity contribution is 5.31. The van der Waals surface area contributed by atoms with Crippen molar-refractivity contribution in [3.8, 4) is 0 Å². The maximum Gasteiger partial charge on any atom is 0.122 e. The fraction of sp³-hybridized carbons (Fsp3) is 0.571. The smallest absolute Gasteiger partial charge is 0.122 e. The third-order valence-corrected chi connectivity index (χ3v) is 1.78. The Bertz CT molecular complexity index is 247. The van der Waals surface area contributed by atoms with Gasteiger partial charge in [0, 0.05) is 6.07 Å². The molecule has 1 fully saturated rings. The SMILES string of the molecule is Cc1cc(N)n(C2CC2)n1. The van der Waals surface area contributed by atoms with Gasteiger partial charge in [0.25, 0.3) is 0 Å².